The number of hydrogen-bond acceptors (Lipinski definition) is 8. The predicted molar refractivity (Wildman–Crippen MR) is 156 cm³/mol. The third-order valence-electron chi connectivity index (χ3n) is 6.97. The summed E-state index contributed by atoms with van der Waals surface area (Å²) in [5, 5.41) is 0. The molecule has 9 heteroatoms. The highest BCUT2D eigenvalue weighted by atomic mass is 16.6. The van der Waals surface area contributed by atoms with Gasteiger partial charge in [0.15, 0.2) is 0 Å². The molecule has 0 aromatic carbocycles. The van der Waals surface area contributed by atoms with Crippen LogP contribution in [0, 0.1) is 0 Å². The largest absolute Gasteiger partial charge is 0.466 e. The lowest BCUT2D eigenvalue weighted by Gasteiger charge is -2.31. The molecule has 0 fully saturated rings. The molecule has 0 bridgehead atoms. The van der Waals surface area contributed by atoms with E-state index in [0.717, 1.165) is 92.7 Å². The van der Waals surface area contributed by atoms with Gasteiger partial charge in [-0.25, -0.2) is 19.7 Å². The van der Waals surface area contributed by atoms with Crippen molar-refractivity contribution < 1.29 is 19.1 Å². The van der Waals surface area contributed by atoms with Gasteiger partial charge in [-0.1, -0.05) is 25.3 Å². The molecule has 2 aromatic rings. The highest BCUT2D eigenvalue weighted by Gasteiger charge is 2.28. The van der Waals surface area contributed by atoms with E-state index in [4.69, 9.17) is 20.2 Å². The van der Waals surface area contributed by atoms with Gasteiger partial charge in [0.2, 0.25) is 0 Å². The molecule has 1 atom stereocenters. The van der Waals surface area contributed by atoms with Crippen molar-refractivity contribution in [3.8, 4) is 0 Å². The van der Waals surface area contributed by atoms with Crippen LogP contribution in [0.3, 0.4) is 0 Å². The number of nitrogens with two attached hydrogens (primary N) is 1. The fraction of sp³-hybridized carbons (Fsp3) is 0.645. The maximum atomic E-state index is 12.8. The Morgan fingerprint density at radius 1 is 1.05 bits per heavy atom. The Bertz CT molecular complexity index is 1080. The van der Waals surface area contributed by atoms with E-state index in [1.807, 2.05) is 40.1 Å². The molecule has 40 heavy (non-hydrogen) atoms. The lowest BCUT2D eigenvalue weighted by molar-refractivity contribution is -0.143. The minimum atomic E-state index is -0.539. The fourth-order valence-electron chi connectivity index (χ4n) is 4.94. The second-order valence-electron chi connectivity index (χ2n) is 11.5. The summed E-state index contributed by atoms with van der Waals surface area (Å²) in [6, 6.07) is 4.20. The Morgan fingerprint density at radius 3 is 2.50 bits per heavy atom. The highest BCUT2D eigenvalue weighted by Crippen LogP contribution is 2.28. The van der Waals surface area contributed by atoms with Crippen LogP contribution in [0.5, 0.6) is 0 Å². The SMILES string of the molecule is CCOC(=O)C[C@H](CCCCCCc1ccc2c(n1)N(C(=O)OC(C)(C)C)CCC2)c1cnc(CCCN)nc1. The second kappa shape index (κ2) is 15.6. The number of carbonyl (C=O) groups excluding carboxylic acids is 2. The normalized spacial score (nSPS) is 14.0. The maximum absolute atomic E-state index is 12.8. The van der Waals surface area contributed by atoms with Crippen LogP contribution in [-0.4, -0.2) is 52.3 Å². The third kappa shape index (κ3) is 10.2. The predicted octanol–water partition coefficient (Wildman–Crippen LogP) is 5.68. The first-order chi connectivity index (χ1) is 19.2. The number of ether oxygens (including phenoxy) is 2. The number of pyridine rings is 1. The highest BCUT2D eigenvalue weighted by molar-refractivity contribution is 5.88. The molecule has 2 N–H and O–H groups in total. The molecule has 1 aliphatic rings. The molecule has 3 heterocycles. The van der Waals surface area contributed by atoms with E-state index in [9.17, 15) is 9.59 Å². The van der Waals surface area contributed by atoms with Gasteiger partial charge in [-0.15, -0.1) is 0 Å². The Hall–Kier alpha value is -3.07. The quantitative estimate of drug-likeness (QED) is 0.234. The maximum Gasteiger partial charge on any atom is 0.416 e. The Kier molecular flexibility index (Phi) is 12.3. The van der Waals surface area contributed by atoms with E-state index in [-0.39, 0.29) is 18.0 Å². The lowest BCUT2D eigenvalue weighted by Crippen LogP contribution is -2.40. The molecule has 1 amide bonds. The zero-order valence-electron chi connectivity index (χ0n) is 24.8. The minimum absolute atomic E-state index is 0.0451. The number of unbranched alkanes of at least 4 members (excludes halogenated alkanes) is 3. The number of anilines is 1. The smallest absolute Gasteiger partial charge is 0.416 e. The second-order valence-corrected chi connectivity index (χ2v) is 11.5. The third-order valence-corrected chi connectivity index (χ3v) is 6.97. The number of hydrogen-bond donors (Lipinski definition) is 1. The van der Waals surface area contributed by atoms with Crippen LogP contribution < -0.4 is 10.6 Å². The molecule has 0 radical (unpaired) electrons. The summed E-state index contributed by atoms with van der Waals surface area (Å²) in [5.74, 6) is 1.40. The van der Waals surface area contributed by atoms with Gasteiger partial charge < -0.3 is 15.2 Å². The zero-order valence-corrected chi connectivity index (χ0v) is 24.8. The van der Waals surface area contributed by atoms with E-state index >= 15 is 0 Å². The van der Waals surface area contributed by atoms with Gasteiger partial charge >= 0.3 is 12.1 Å². The van der Waals surface area contributed by atoms with Gasteiger partial charge in [0, 0.05) is 31.1 Å². The summed E-state index contributed by atoms with van der Waals surface area (Å²) >= 11 is 0. The van der Waals surface area contributed by atoms with Gasteiger partial charge in [-0.2, -0.15) is 0 Å². The number of rotatable bonds is 14. The van der Waals surface area contributed by atoms with Gasteiger partial charge in [0.1, 0.15) is 17.2 Å². The van der Waals surface area contributed by atoms with E-state index in [1.165, 1.54) is 0 Å². The molecule has 2 aromatic heterocycles. The molecular formula is C31H47N5O4. The van der Waals surface area contributed by atoms with Crippen molar-refractivity contribution in [3.63, 3.8) is 0 Å². The monoisotopic (exact) mass is 553 g/mol. The molecule has 0 saturated carbocycles. The van der Waals surface area contributed by atoms with Crippen molar-refractivity contribution in [2.75, 3.05) is 24.6 Å². The van der Waals surface area contributed by atoms with Gasteiger partial charge in [-0.05, 0) is 95.9 Å². The first-order valence-electron chi connectivity index (χ1n) is 14.9. The van der Waals surface area contributed by atoms with Gasteiger partial charge in [0.25, 0.3) is 0 Å². The van der Waals surface area contributed by atoms with Crippen molar-refractivity contribution in [2.45, 2.75) is 110 Å². The summed E-state index contributed by atoms with van der Waals surface area (Å²) in [4.78, 5) is 40.5. The molecule has 1 aliphatic heterocycles. The summed E-state index contributed by atoms with van der Waals surface area (Å²) in [7, 11) is 0. The molecule has 9 nitrogen and oxygen atoms in total. The number of nitrogens with zero attached hydrogens (tertiary/aromatic N) is 4. The number of fused-ring (bicyclic) bond motifs is 1. The topological polar surface area (TPSA) is 121 Å². The van der Waals surface area contributed by atoms with Gasteiger partial charge in [0.05, 0.1) is 13.0 Å². The average Bonchev–Trinajstić information content (AvgIpc) is 2.92. The molecule has 0 unspecified atom stereocenters. The van der Waals surface area contributed by atoms with Crippen molar-refractivity contribution in [1.82, 2.24) is 15.0 Å². The molecule has 220 valence electrons. The zero-order chi connectivity index (χ0) is 29.0. The summed E-state index contributed by atoms with van der Waals surface area (Å²) < 4.78 is 10.8. The molecule has 0 spiro atoms. The average molecular weight is 554 g/mol. The van der Waals surface area contributed by atoms with Crippen LogP contribution in [0.4, 0.5) is 10.6 Å². The van der Waals surface area contributed by atoms with Crippen LogP contribution in [0.15, 0.2) is 24.5 Å². The summed E-state index contributed by atoms with van der Waals surface area (Å²) in [6.07, 6.45) is 13.1. The van der Waals surface area contributed by atoms with Crippen LogP contribution >= 0.6 is 0 Å². The first-order valence-corrected chi connectivity index (χ1v) is 14.9. The lowest BCUT2D eigenvalue weighted by atomic mass is 9.92. The Balaban J connectivity index is 1.50. The van der Waals surface area contributed by atoms with E-state index in [0.29, 0.717) is 26.1 Å². The van der Waals surface area contributed by atoms with Crippen LogP contribution in [0.25, 0.3) is 0 Å². The molecular weight excluding hydrogens is 506 g/mol. The molecule has 0 saturated heterocycles. The number of aryl methyl sites for hydroxylation is 3. The van der Waals surface area contributed by atoms with Crippen LogP contribution in [-0.2, 0) is 33.5 Å². The van der Waals surface area contributed by atoms with Crippen molar-refractivity contribution in [3.05, 3.63) is 47.2 Å². The first kappa shape index (κ1) is 31.5. The van der Waals surface area contributed by atoms with E-state index < -0.39 is 5.60 Å². The van der Waals surface area contributed by atoms with Crippen molar-refractivity contribution in [1.29, 1.82) is 0 Å². The standard InChI is InChI=1S/C31H47N5O4/c1-5-39-28(37)20-24(25-21-33-27(34-22-25)15-10-18-32)12-8-6-7-9-14-26-17-16-23-13-11-19-36(29(23)35-26)30(38)40-31(2,3)4/h16-17,21-22,24H,5-15,18-20,32H2,1-4H3/t24-/m0/s1. The summed E-state index contributed by atoms with van der Waals surface area (Å²) in [6.45, 7) is 9.10. The fourth-order valence-corrected chi connectivity index (χ4v) is 4.94. The number of amides is 1. The Labute approximate surface area is 239 Å². The van der Waals surface area contributed by atoms with E-state index in [1.54, 1.807) is 4.90 Å². The number of esters is 1. The molecule has 3 rings (SSSR count). The van der Waals surface area contributed by atoms with Gasteiger partial charge in [-0.3, -0.25) is 9.69 Å². The minimum Gasteiger partial charge on any atom is -0.466 e. The van der Waals surface area contributed by atoms with Crippen molar-refractivity contribution in [2.24, 2.45) is 5.73 Å². The summed E-state index contributed by atoms with van der Waals surface area (Å²) in [5.41, 5.74) is 8.14. The van der Waals surface area contributed by atoms with Crippen LogP contribution in [0.1, 0.15) is 108 Å². The Morgan fingerprint density at radius 2 is 1.80 bits per heavy atom. The number of carbonyl (C=O) groups is 2. The van der Waals surface area contributed by atoms with Crippen molar-refractivity contribution >= 4 is 17.9 Å². The van der Waals surface area contributed by atoms with Crippen LogP contribution in [0.2, 0.25) is 0 Å². The van der Waals surface area contributed by atoms with E-state index in [2.05, 4.69) is 22.1 Å². The molecule has 0 aliphatic carbocycles. The number of aromatic nitrogens is 3.